The summed E-state index contributed by atoms with van der Waals surface area (Å²) in [5, 5.41) is 3.40. The van der Waals surface area contributed by atoms with E-state index < -0.39 is 0 Å². The number of rotatable bonds is 9. The second-order valence-electron chi connectivity index (χ2n) is 5.99. The monoisotopic (exact) mass is 410 g/mol. The van der Waals surface area contributed by atoms with Crippen LogP contribution in [-0.2, 0) is 13.2 Å². The van der Waals surface area contributed by atoms with Gasteiger partial charge in [-0.1, -0.05) is 28.1 Å². The van der Waals surface area contributed by atoms with Crippen molar-refractivity contribution in [3.63, 3.8) is 0 Å². The third-order valence-corrected chi connectivity index (χ3v) is 4.43. The SMILES string of the molecule is COc1cc(CNCCN(C)C)c(Br)cc1OCc1ccc(F)cc1. The summed E-state index contributed by atoms with van der Waals surface area (Å²) in [5.41, 5.74) is 2.00. The minimum Gasteiger partial charge on any atom is -0.493 e. The van der Waals surface area contributed by atoms with Gasteiger partial charge in [0, 0.05) is 24.1 Å². The van der Waals surface area contributed by atoms with E-state index in [1.54, 1.807) is 19.2 Å². The summed E-state index contributed by atoms with van der Waals surface area (Å²) >= 11 is 3.59. The highest BCUT2D eigenvalue weighted by Crippen LogP contribution is 2.34. The average molecular weight is 411 g/mol. The van der Waals surface area contributed by atoms with Crippen molar-refractivity contribution in [1.29, 1.82) is 0 Å². The number of hydrogen-bond donors (Lipinski definition) is 1. The zero-order valence-electron chi connectivity index (χ0n) is 14.8. The predicted octanol–water partition coefficient (Wildman–Crippen LogP) is 3.83. The molecule has 0 aliphatic rings. The third-order valence-electron chi connectivity index (χ3n) is 3.69. The van der Waals surface area contributed by atoms with Gasteiger partial charge in [0.15, 0.2) is 11.5 Å². The molecule has 4 nitrogen and oxygen atoms in total. The molecular formula is C19H24BrFN2O2. The fourth-order valence-corrected chi connectivity index (χ4v) is 2.72. The molecule has 0 saturated carbocycles. The number of likely N-dealkylation sites (N-methyl/N-ethyl adjacent to an activating group) is 1. The molecule has 1 N–H and O–H groups in total. The first kappa shape index (κ1) is 19.7. The lowest BCUT2D eigenvalue weighted by molar-refractivity contribution is 0.284. The van der Waals surface area contributed by atoms with Crippen molar-refractivity contribution in [2.45, 2.75) is 13.2 Å². The fraction of sp³-hybridized carbons (Fsp3) is 0.368. The standard InChI is InChI=1S/C19H24BrFN2O2/c1-23(2)9-8-22-12-15-10-18(24-3)19(11-17(15)20)25-13-14-4-6-16(21)7-5-14/h4-7,10-11,22H,8-9,12-13H2,1-3H3. The molecule has 0 saturated heterocycles. The molecular weight excluding hydrogens is 387 g/mol. The average Bonchev–Trinajstić information content (AvgIpc) is 2.59. The minimum absolute atomic E-state index is 0.254. The van der Waals surface area contributed by atoms with Gasteiger partial charge in [0.2, 0.25) is 0 Å². The Hall–Kier alpha value is -1.63. The highest BCUT2D eigenvalue weighted by molar-refractivity contribution is 9.10. The van der Waals surface area contributed by atoms with Gasteiger partial charge in [0.25, 0.3) is 0 Å². The van der Waals surface area contributed by atoms with Gasteiger partial charge in [0.1, 0.15) is 12.4 Å². The van der Waals surface area contributed by atoms with E-state index in [0.717, 1.165) is 35.2 Å². The predicted molar refractivity (Wildman–Crippen MR) is 102 cm³/mol. The van der Waals surface area contributed by atoms with E-state index in [4.69, 9.17) is 9.47 Å². The highest BCUT2D eigenvalue weighted by Gasteiger charge is 2.11. The Kier molecular flexibility index (Phi) is 7.68. The lowest BCUT2D eigenvalue weighted by Crippen LogP contribution is -2.26. The molecule has 0 amide bonds. The maximum Gasteiger partial charge on any atom is 0.162 e. The number of benzene rings is 2. The third kappa shape index (κ3) is 6.30. The molecule has 0 aliphatic carbocycles. The first-order valence-electron chi connectivity index (χ1n) is 8.08. The number of halogens is 2. The van der Waals surface area contributed by atoms with Crippen molar-refractivity contribution in [2.24, 2.45) is 0 Å². The molecule has 2 aromatic rings. The van der Waals surface area contributed by atoms with Crippen LogP contribution < -0.4 is 14.8 Å². The van der Waals surface area contributed by atoms with Crippen LogP contribution in [0.4, 0.5) is 4.39 Å². The quantitative estimate of drug-likeness (QED) is 0.636. The Bertz CT molecular complexity index is 678. The summed E-state index contributed by atoms with van der Waals surface area (Å²) < 4.78 is 25.2. The second kappa shape index (κ2) is 9.75. The van der Waals surface area contributed by atoms with Crippen LogP contribution >= 0.6 is 15.9 Å². The minimum atomic E-state index is -0.254. The highest BCUT2D eigenvalue weighted by atomic mass is 79.9. The van der Waals surface area contributed by atoms with Crippen LogP contribution in [0.2, 0.25) is 0 Å². The van der Waals surface area contributed by atoms with Crippen molar-refractivity contribution in [3.8, 4) is 11.5 Å². The van der Waals surface area contributed by atoms with Gasteiger partial charge >= 0.3 is 0 Å². The number of methoxy groups -OCH3 is 1. The topological polar surface area (TPSA) is 33.7 Å². The lowest BCUT2D eigenvalue weighted by atomic mass is 10.2. The van der Waals surface area contributed by atoms with E-state index in [1.807, 2.05) is 26.2 Å². The largest absolute Gasteiger partial charge is 0.493 e. The van der Waals surface area contributed by atoms with E-state index in [9.17, 15) is 4.39 Å². The molecule has 0 aromatic heterocycles. The van der Waals surface area contributed by atoms with Crippen LogP contribution in [0.5, 0.6) is 11.5 Å². The summed E-state index contributed by atoms with van der Waals surface area (Å²) in [7, 11) is 5.72. The summed E-state index contributed by atoms with van der Waals surface area (Å²) in [6.07, 6.45) is 0. The fourth-order valence-electron chi connectivity index (χ4n) is 2.25. The van der Waals surface area contributed by atoms with Crippen LogP contribution in [-0.4, -0.2) is 39.2 Å². The number of nitrogens with one attached hydrogen (secondary N) is 1. The molecule has 0 radical (unpaired) electrons. The molecule has 0 fully saturated rings. The summed E-state index contributed by atoms with van der Waals surface area (Å²) in [4.78, 5) is 2.13. The van der Waals surface area contributed by atoms with Crippen LogP contribution in [0.3, 0.4) is 0 Å². The van der Waals surface area contributed by atoms with Gasteiger partial charge in [0.05, 0.1) is 7.11 Å². The van der Waals surface area contributed by atoms with Crippen LogP contribution in [0.1, 0.15) is 11.1 Å². The van der Waals surface area contributed by atoms with Crippen LogP contribution in [0.15, 0.2) is 40.9 Å². The van der Waals surface area contributed by atoms with Crippen molar-refractivity contribution < 1.29 is 13.9 Å². The van der Waals surface area contributed by atoms with Crippen LogP contribution in [0.25, 0.3) is 0 Å². The summed E-state index contributed by atoms with van der Waals surface area (Å²) in [6.45, 7) is 2.98. The molecule has 2 rings (SSSR count). The van der Waals surface area contributed by atoms with E-state index in [2.05, 4.69) is 26.1 Å². The second-order valence-corrected chi connectivity index (χ2v) is 6.84. The zero-order valence-corrected chi connectivity index (χ0v) is 16.4. The van der Waals surface area contributed by atoms with Crippen molar-refractivity contribution >= 4 is 15.9 Å². The van der Waals surface area contributed by atoms with E-state index >= 15 is 0 Å². The normalized spacial score (nSPS) is 11.0. The zero-order chi connectivity index (χ0) is 18.2. The number of nitrogens with zero attached hydrogens (tertiary/aromatic N) is 1. The maximum atomic E-state index is 13.0. The molecule has 0 aliphatic heterocycles. The van der Waals surface area contributed by atoms with E-state index in [1.165, 1.54) is 12.1 Å². The van der Waals surface area contributed by atoms with Crippen LogP contribution in [0, 0.1) is 5.82 Å². The molecule has 0 spiro atoms. The van der Waals surface area contributed by atoms with Crippen molar-refractivity contribution in [2.75, 3.05) is 34.3 Å². The number of hydrogen-bond acceptors (Lipinski definition) is 4. The molecule has 25 heavy (non-hydrogen) atoms. The summed E-state index contributed by atoms with van der Waals surface area (Å²) in [5.74, 6) is 1.07. The first-order valence-corrected chi connectivity index (χ1v) is 8.88. The number of ether oxygens (including phenoxy) is 2. The first-order chi connectivity index (χ1) is 12.0. The van der Waals surface area contributed by atoms with Gasteiger partial charge < -0.3 is 19.7 Å². The molecule has 0 bridgehead atoms. The van der Waals surface area contributed by atoms with E-state index in [-0.39, 0.29) is 5.82 Å². The maximum absolute atomic E-state index is 13.0. The van der Waals surface area contributed by atoms with Gasteiger partial charge in [-0.3, -0.25) is 0 Å². The Labute approximate surface area is 157 Å². The van der Waals surface area contributed by atoms with Gasteiger partial charge in [-0.25, -0.2) is 4.39 Å². The Morgan fingerprint density at radius 2 is 1.84 bits per heavy atom. The van der Waals surface area contributed by atoms with Crippen molar-refractivity contribution in [3.05, 3.63) is 57.8 Å². The van der Waals surface area contributed by atoms with Gasteiger partial charge in [-0.15, -0.1) is 0 Å². The molecule has 0 unspecified atom stereocenters. The Morgan fingerprint density at radius 3 is 2.48 bits per heavy atom. The molecule has 0 heterocycles. The van der Waals surface area contributed by atoms with Crippen molar-refractivity contribution in [1.82, 2.24) is 10.2 Å². The molecule has 0 atom stereocenters. The van der Waals surface area contributed by atoms with Gasteiger partial charge in [-0.05, 0) is 49.5 Å². The smallest absolute Gasteiger partial charge is 0.162 e. The van der Waals surface area contributed by atoms with E-state index in [0.29, 0.717) is 18.1 Å². The lowest BCUT2D eigenvalue weighted by Gasteiger charge is -2.15. The Morgan fingerprint density at radius 1 is 1.12 bits per heavy atom. The molecule has 6 heteroatoms. The molecule has 2 aromatic carbocycles. The van der Waals surface area contributed by atoms with Gasteiger partial charge in [-0.2, -0.15) is 0 Å². The Balaban J connectivity index is 2.01. The summed E-state index contributed by atoms with van der Waals surface area (Å²) in [6, 6.07) is 10.1. The molecule has 136 valence electrons.